The molecule has 4 heteroatoms. The first-order valence-electron chi connectivity index (χ1n) is 5.28. The molecule has 0 aliphatic heterocycles. The maximum Gasteiger partial charge on any atom is 0.0441 e. The first kappa shape index (κ1) is 13.7. The molecule has 2 atom stereocenters. The number of hydrogen-bond donors (Lipinski definition) is 1. The smallest absolute Gasteiger partial charge is 0.0441 e. The van der Waals surface area contributed by atoms with Crippen LogP contribution in [0.3, 0.4) is 0 Å². The molecule has 0 bridgehead atoms. The van der Waals surface area contributed by atoms with Crippen molar-refractivity contribution >= 4 is 22.4 Å². The summed E-state index contributed by atoms with van der Waals surface area (Å²) in [4.78, 5) is 0. The van der Waals surface area contributed by atoms with Gasteiger partial charge >= 0.3 is 0 Å². The zero-order valence-electron chi connectivity index (χ0n) is 9.92. The lowest BCUT2D eigenvalue weighted by atomic mass is 10.1. The SMILES string of the molecule is Cc1cc(CNCC(C)S(C)=O)ccc1Cl. The van der Waals surface area contributed by atoms with E-state index >= 15 is 0 Å². The van der Waals surface area contributed by atoms with Crippen molar-refractivity contribution in [2.45, 2.75) is 25.6 Å². The fourth-order valence-corrected chi connectivity index (χ4v) is 1.82. The van der Waals surface area contributed by atoms with E-state index in [4.69, 9.17) is 11.6 Å². The van der Waals surface area contributed by atoms with Gasteiger partial charge in [0.2, 0.25) is 0 Å². The fraction of sp³-hybridized carbons (Fsp3) is 0.500. The van der Waals surface area contributed by atoms with Gasteiger partial charge in [0.25, 0.3) is 0 Å². The van der Waals surface area contributed by atoms with E-state index in [1.165, 1.54) is 5.56 Å². The van der Waals surface area contributed by atoms with Crippen LogP contribution in [-0.4, -0.2) is 22.3 Å². The van der Waals surface area contributed by atoms with Gasteiger partial charge in [-0.15, -0.1) is 0 Å². The average Bonchev–Trinajstić information content (AvgIpc) is 2.23. The number of hydrogen-bond acceptors (Lipinski definition) is 2. The van der Waals surface area contributed by atoms with Crippen LogP contribution >= 0.6 is 11.6 Å². The topological polar surface area (TPSA) is 29.1 Å². The zero-order valence-corrected chi connectivity index (χ0v) is 11.5. The van der Waals surface area contributed by atoms with Crippen LogP contribution in [0.2, 0.25) is 5.02 Å². The highest BCUT2D eigenvalue weighted by atomic mass is 35.5. The molecule has 0 aliphatic rings. The summed E-state index contributed by atoms with van der Waals surface area (Å²) in [6, 6.07) is 5.99. The lowest BCUT2D eigenvalue weighted by molar-refractivity contribution is 0.647. The van der Waals surface area contributed by atoms with E-state index < -0.39 is 10.8 Å². The number of halogens is 1. The van der Waals surface area contributed by atoms with Crippen molar-refractivity contribution in [3.63, 3.8) is 0 Å². The highest BCUT2D eigenvalue weighted by Crippen LogP contribution is 2.16. The van der Waals surface area contributed by atoms with Crippen LogP contribution in [0.1, 0.15) is 18.1 Å². The van der Waals surface area contributed by atoms with Crippen molar-refractivity contribution in [2.24, 2.45) is 0 Å². The number of benzene rings is 1. The Morgan fingerprint density at radius 3 is 2.75 bits per heavy atom. The normalized spacial score (nSPS) is 14.8. The molecule has 1 aromatic carbocycles. The van der Waals surface area contributed by atoms with Crippen molar-refractivity contribution in [3.8, 4) is 0 Å². The standard InChI is InChI=1S/C12H18ClNOS/c1-9-6-11(4-5-12(9)13)8-14-7-10(2)16(3)15/h4-6,10,14H,7-8H2,1-3H3. The van der Waals surface area contributed by atoms with Crippen LogP contribution in [0.15, 0.2) is 18.2 Å². The minimum absolute atomic E-state index is 0.188. The van der Waals surface area contributed by atoms with Crippen LogP contribution in [0.4, 0.5) is 0 Å². The summed E-state index contributed by atoms with van der Waals surface area (Å²) in [6.07, 6.45) is 1.73. The Balaban J connectivity index is 2.43. The Labute approximate surface area is 105 Å². The predicted octanol–water partition coefficient (Wildman–Crippen LogP) is 2.51. The maximum absolute atomic E-state index is 11.1. The summed E-state index contributed by atoms with van der Waals surface area (Å²) >= 11 is 5.95. The predicted molar refractivity (Wildman–Crippen MR) is 71.4 cm³/mol. The van der Waals surface area contributed by atoms with Gasteiger partial charge in [-0.25, -0.2) is 0 Å². The second-order valence-electron chi connectivity index (χ2n) is 4.02. The molecular weight excluding hydrogens is 242 g/mol. The molecule has 2 nitrogen and oxygen atoms in total. The van der Waals surface area contributed by atoms with E-state index in [0.29, 0.717) is 0 Å². The number of rotatable bonds is 5. The van der Waals surface area contributed by atoms with Gasteiger partial charge in [-0.3, -0.25) is 4.21 Å². The van der Waals surface area contributed by atoms with Crippen LogP contribution in [0, 0.1) is 6.92 Å². The summed E-state index contributed by atoms with van der Waals surface area (Å²) in [5.41, 5.74) is 2.30. The monoisotopic (exact) mass is 259 g/mol. The minimum Gasteiger partial charge on any atom is -0.311 e. The second kappa shape index (κ2) is 6.38. The molecule has 0 aromatic heterocycles. The maximum atomic E-state index is 11.1. The Hall–Kier alpha value is -0.380. The van der Waals surface area contributed by atoms with Gasteiger partial charge in [0.15, 0.2) is 0 Å². The third-order valence-corrected chi connectivity index (χ3v) is 4.27. The largest absolute Gasteiger partial charge is 0.311 e. The fourth-order valence-electron chi connectivity index (χ4n) is 1.35. The van der Waals surface area contributed by atoms with E-state index in [9.17, 15) is 4.21 Å². The number of aryl methyl sites for hydroxylation is 1. The van der Waals surface area contributed by atoms with Crippen LogP contribution in [-0.2, 0) is 17.3 Å². The van der Waals surface area contributed by atoms with Gasteiger partial charge < -0.3 is 5.32 Å². The first-order chi connectivity index (χ1) is 7.50. The summed E-state index contributed by atoms with van der Waals surface area (Å²) in [5.74, 6) is 0. The zero-order chi connectivity index (χ0) is 12.1. The van der Waals surface area contributed by atoms with Crippen molar-refractivity contribution in [1.82, 2.24) is 5.32 Å². The second-order valence-corrected chi connectivity index (χ2v) is 6.23. The molecule has 0 saturated carbocycles. The van der Waals surface area contributed by atoms with Crippen molar-refractivity contribution in [3.05, 3.63) is 34.3 Å². The summed E-state index contributed by atoms with van der Waals surface area (Å²) in [6.45, 7) is 5.54. The van der Waals surface area contributed by atoms with Gasteiger partial charge in [-0.05, 0) is 31.0 Å². The average molecular weight is 260 g/mol. The molecule has 0 heterocycles. The van der Waals surface area contributed by atoms with E-state index in [-0.39, 0.29) is 5.25 Å². The molecule has 2 unspecified atom stereocenters. The van der Waals surface area contributed by atoms with Gasteiger partial charge in [0.05, 0.1) is 0 Å². The Bertz CT molecular complexity index is 381. The van der Waals surface area contributed by atoms with Crippen LogP contribution in [0.5, 0.6) is 0 Å². The van der Waals surface area contributed by atoms with E-state index in [1.54, 1.807) is 6.26 Å². The molecule has 0 spiro atoms. The lowest BCUT2D eigenvalue weighted by Crippen LogP contribution is -2.27. The molecule has 1 aromatic rings. The molecule has 1 N–H and O–H groups in total. The lowest BCUT2D eigenvalue weighted by Gasteiger charge is -2.10. The molecule has 0 amide bonds. The third-order valence-electron chi connectivity index (χ3n) is 2.55. The molecule has 0 saturated heterocycles. The van der Waals surface area contributed by atoms with E-state index in [0.717, 1.165) is 23.7 Å². The van der Waals surface area contributed by atoms with Gasteiger partial charge in [0.1, 0.15) is 0 Å². The highest BCUT2D eigenvalue weighted by molar-refractivity contribution is 7.84. The molecular formula is C12H18ClNOS. The molecule has 90 valence electrons. The number of nitrogens with one attached hydrogen (secondary N) is 1. The third kappa shape index (κ3) is 4.24. The van der Waals surface area contributed by atoms with Crippen LogP contribution < -0.4 is 5.32 Å². The molecule has 0 radical (unpaired) electrons. The summed E-state index contributed by atoms with van der Waals surface area (Å²) in [7, 11) is -0.760. The first-order valence-corrected chi connectivity index (χ1v) is 7.28. The van der Waals surface area contributed by atoms with Crippen LogP contribution in [0.25, 0.3) is 0 Å². The van der Waals surface area contributed by atoms with Crippen molar-refractivity contribution in [1.29, 1.82) is 0 Å². The van der Waals surface area contributed by atoms with E-state index in [2.05, 4.69) is 11.4 Å². The summed E-state index contributed by atoms with van der Waals surface area (Å²) < 4.78 is 11.1. The highest BCUT2D eigenvalue weighted by Gasteiger charge is 2.05. The Morgan fingerprint density at radius 1 is 1.50 bits per heavy atom. The quantitative estimate of drug-likeness (QED) is 0.880. The minimum atomic E-state index is -0.760. The van der Waals surface area contributed by atoms with Gasteiger partial charge in [-0.1, -0.05) is 23.7 Å². The Morgan fingerprint density at radius 2 is 2.19 bits per heavy atom. The van der Waals surface area contributed by atoms with E-state index in [1.807, 2.05) is 26.0 Å². The Kier molecular flexibility index (Phi) is 5.46. The summed E-state index contributed by atoms with van der Waals surface area (Å²) in [5, 5.41) is 4.28. The molecule has 0 aliphatic carbocycles. The molecule has 1 rings (SSSR count). The molecule has 16 heavy (non-hydrogen) atoms. The van der Waals surface area contributed by atoms with Gasteiger partial charge in [-0.2, -0.15) is 0 Å². The van der Waals surface area contributed by atoms with Crippen molar-refractivity contribution < 1.29 is 4.21 Å². The van der Waals surface area contributed by atoms with Crippen molar-refractivity contribution in [2.75, 3.05) is 12.8 Å². The molecule has 0 fully saturated rings. The van der Waals surface area contributed by atoms with Gasteiger partial charge in [0, 0.05) is 40.4 Å².